The van der Waals surface area contributed by atoms with Gasteiger partial charge in [-0.1, -0.05) is 0 Å². The SMILES string of the molecule is CC(C(=O)O)S(=O)CC(=O)NC1CCOCC1. The van der Waals surface area contributed by atoms with Crippen molar-refractivity contribution < 1.29 is 23.6 Å². The predicted octanol–water partition coefficient (Wildman–Crippen LogP) is -0.497. The van der Waals surface area contributed by atoms with Crippen molar-refractivity contribution in [2.45, 2.75) is 31.1 Å². The van der Waals surface area contributed by atoms with Crippen LogP contribution in [-0.4, -0.2) is 51.5 Å². The van der Waals surface area contributed by atoms with E-state index in [-0.39, 0.29) is 17.7 Å². The van der Waals surface area contributed by atoms with Gasteiger partial charge in [0.25, 0.3) is 0 Å². The average Bonchev–Trinajstić information content (AvgIpc) is 2.28. The van der Waals surface area contributed by atoms with E-state index < -0.39 is 22.0 Å². The number of carbonyl (C=O) groups excluding carboxylic acids is 1. The molecule has 1 saturated heterocycles. The van der Waals surface area contributed by atoms with Crippen LogP contribution in [0.5, 0.6) is 0 Å². The molecule has 1 amide bonds. The van der Waals surface area contributed by atoms with Crippen LogP contribution in [0, 0.1) is 0 Å². The summed E-state index contributed by atoms with van der Waals surface area (Å²) >= 11 is 0. The van der Waals surface area contributed by atoms with Gasteiger partial charge in [0.2, 0.25) is 5.91 Å². The maximum absolute atomic E-state index is 11.5. The fraction of sp³-hybridized carbons (Fsp3) is 0.800. The number of aliphatic carboxylic acids is 1. The first-order valence-corrected chi connectivity index (χ1v) is 6.86. The molecule has 17 heavy (non-hydrogen) atoms. The fourth-order valence-electron chi connectivity index (χ4n) is 1.48. The van der Waals surface area contributed by atoms with Crippen LogP contribution in [0.3, 0.4) is 0 Å². The van der Waals surface area contributed by atoms with Gasteiger partial charge < -0.3 is 15.2 Å². The van der Waals surface area contributed by atoms with Crippen LogP contribution in [0.1, 0.15) is 19.8 Å². The number of nitrogens with one attached hydrogen (secondary N) is 1. The Labute approximate surface area is 102 Å². The Hall–Kier alpha value is -0.950. The monoisotopic (exact) mass is 263 g/mol. The molecule has 2 atom stereocenters. The number of ether oxygens (including phenoxy) is 1. The maximum Gasteiger partial charge on any atom is 0.318 e. The molecular formula is C10H17NO5S. The molecule has 0 aromatic heterocycles. The standard InChI is InChI=1S/C10H17NO5S/c1-7(10(13)14)17(15)6-9(12)11-8-2-4-16-5-3-8/h7-8H,2-6H2,1H3,(H,11,12)(H,13,14). The molecule has 2 unspecified atom stereocenters. The Morgan fingerprint density at radius 3 is 2.59 bits per heavy atom. The molecule has 0 bridgehead atoms. The van der Waals surface area contributed by atoms with Crippen LogP contribution < -0.4 is 5.32 Å². The molecule has 1 aliphatic rings. The topological polar surface area (TPSA) is 92.7 Å². The third kappa shape index (κ3) is 4.82. The minimum Gasteiger partial charge on any atom is -0.480 e. The van der Waals surface area contributed by atoms with E-state index in [2.05, 4.69) is 5.32 Å². The Morgan fingerprint density at radius 2 is 2.06 bits per heavy atom. The van der Waals surface area contributed by atoms with Gasteiger partial charge in [-0.25, -0.2) is 0 Å². The van der Waals surface area contributed by atoms with Gasteiger partial charge in [-0.15, -0.1) is 0 Å². The van der Waals surface area contributed by atoms with E-state index in [1.54, 1.807) is 0 Å². The minimum atomic E-state index is -1.67. The lowest BCUT2D eigenvalue weighted by molar-refractivity contribution is -0.136. The molecule has 0 aliphatic carbocycles. The molecule has 7 heteroatoms. The second-order valence-corrected chi connectivity index (χ2v) is 5.72. The summed E-state index contributed by atoms with van der Waals surface area (Å²) in [5, 5.41) is 10.4. The molecule has 98 valence electrons. The van der Waals surface area contributed by atoms with E-state index in [1.165, 1.54) is 6.92 Å². The van der Waals surface area contributed by atoms with Crippen molar-refractivity contribution in [1.82, 2.24) is 5.32 Å². The summed E-state index contributed by atoms with van der Waals surface area (Å²) in [6.45, 7) is 2.55. The second kappa shape index (κ2) is 6.70. The molecule has 0 spiro atoms. The number of carboxylic acid groups (broad SMARTS) is 1. The molecule has 0 aromatic carbocycles. The smallest absolute Gasteiger partial charge is 0.318 e. The van der Waals surface area contributed by atoms with Crippen molar-refractivity contribution in [1.29, 1.82) is 0 Å². The van der Waals surface area contributed by atoms with Crippen molar-refractivity contribution in [3.8, 4) is 0 Å². The number of amides is 1. The molecule has 1 fully saturated rings. The Bertz CT molecular complexity index is 314. The highest BCUT2D eigenvalue weighted by Gasteiger charge is 2.23. The molecule has 1 heterocycles. The Kier molecular flexibility index (Phi) is 5.57. The number of carboxylic acids is 1. The maximum atomic E-state index is 11.5. The van der Waals surface area contributed by atoms with Gasteiger partial charge in [0.15, 0.2) is 0 Å². The fourth-order valence-corrected chi connectivity index (χ4v) is 2.29. The van der Waals surface area contributed by atoms with Crippen LogP contribution in [0.15, 0.2) is 0 Å². The van der Waals surface area contributed by atoms with E-state index >= 15 is 0 Å². The molecule has 0 saturated carbocycles. The first-order chi connectivity index (χ1) is 8.00. The molecule has 2 N–H and O–H groups in total. The van der Waals surface area contributed by atoms with Crippen LogP contribution in [0.2, 0.25) is 0 Å². The van der Waals surface area contributed by atoms with Crippen molar-refractivity contribution in [2.75, 3.05) is 19.0 Å². The zero-order valence-electron chi connectivity index (χ0n) is 9.68. The summed E-state index contributed by atoms with van der Waals surface area (Å²) in [6, 6.07) is 0.0494. The largest absolute Gasteiger partial charge is 0.480 e. The van der Waals surface area contributed by atoms with Crippen molar-refractivity contribution in [2.24, 2.45) is 0 Å². The van der Waals surface area contributed by atoms with Crippen LogP contribution >= 0.6 is 0 Å². The van der Waals surface area contributed by atoms with Gasteiger partial charge in [0.1, 0.15) is 11.0 Å². The zero-order valence-corrected chi connectivity index (χ0v) is 10.5. The highest BCUT2D eigenvalue weighted by Crippen LogP contribution is 2.06. The summed E-state index contributed by atoms with van der Waals surface area (Å²) < 4.78 is 16.6. The second-order valence-electron chi connectivity index (χ2n) is 3.96. The quantitative estimate of drug-likeness (QED) is 0.698. The lowest BCUT2D eigenvalue weighted by Gasteiger charge is -2.23. The zero-order chi connectivity index (χ0) is 12.8. The molecule has 1 aliphatic heterocycles. The predicted molar refractivity (Wildman–Crippen MR) is 62.1 cm³/mol. The number of hydrogen-bond donors (Lipinski definition) is 2. The van der Waals surface area contributed by atoms with Crippen LogP contribution in [0.25, 0.3) is 0 Å². The van der Waals surface area contributed by atoms with E-state index in [9.17, 15) is 13.8 Å². The van der Waals surface area contributed by atoms with Gasteiger partial charge in [-0.2, -0.15) is 0 Å². The van der Waals surface area contributed by atoms with Gasteiger partial charge >= 0.3 is 5.97 Å². The van der Waals surface area contributed by atoms with E-state index in [0.717, 1.165) is 12.8 Å². The number of rotatable bonds is 5. The molecule has 1 rings (SSSR count). The van der Waals surface area contributed by atoms with E-state index in [4.69, 9.17) is 9.84 Å². The van der Waals surface area contributed by atoms with Crippen molar-refractivity contribution >= 4 is 22.7 Å². The molecular weight excluding hydrogens is 246 g/mol. The number of hydrogen-bond acceptors (Lipinski definition) is 4. The number of carbonyl (C=O) groups is 2. The first kappa shape index (κ1) is 14.1. The van der Waals surface area contributed by atoms with Crippen molar-refractivity contribution in [3.63, 3.8) is 0 Å². The van der Waals surface area contributed by atoms with Gasteiger partial charge in [0, 0.05) is 30.1 Å². The van der Waals surface area contributed by atoms with Gasteiger partial charge in [0.05, 0.1) is 0 Å². The highest BCUT2D eigenvalue weighted by molar-refractivity contribution is 7.87. The third-order valence-corrected chi connectivity index (χ3v) is 4.14. The highest BCUT2D eigenvalue weighted by atomic mass is 32.2. The molecule has 0 radical (unpaired) electrons. The Balaban J connectivity index is 2.33. The minimum absolute atomic E-state index is 0.0494. The summed E-state index contributed by atoms with van der Waals surface area (Å²) in [6.07, 6.45) is 1.49. The molecule has 6 nitrogen and oxygen atoms in total. The summed E-state index contributed by atoms with van der Waals surface area (Å²) in [7, 11) is -1.67. The average molecular weight is 263 g/mol. The summed E-state index contributed by atoms with van der Waals surface area (Å²) in [4.78, 5) is 22.1. The lowest BCUT2D eigenvalue weighted by Crippen LogP contribution is -2.42. The van der Waals surface area contributed by atoms with Crippen LogP contribution in [0.4, 0.5) is 0 Å². The molecule has 0 aromatic rings. The first-order valence-electron chi connectivity index (χ1n) is 5.47. The van der Waals surface area contributed by atoms with Gasteiger partial charge in [-0.05, 0) is 19.8 Å². The summed E-state index contributed by atoms with van der Waals surface area (Å²) in [5.41, 5.74) is 0. The normalized spacial score (nSPS) is 20.5. The van der Waals surface area contributed by atoms with E-state index in [1.807, 2.05) is 0 Å². The van der Waals surface area contributed by atoms with E-state index in [0.29, 0.717) is 13.2 Å². The summed E-state index contributed by atoms with van der Waals surface area (Å²) in [5.74, 6) is -1.77. The lowest BCUT2D eigenvalue weighted by atomic mass is 10.1. The van der Waals surface area contributed by atoms with Gasteiger partial charge in [-0.3, -0.25) is 13.8 Å². The Morgan fingerprint density at radius 1 is 1.47 bits per heavy atom. The van der Waals surface area contributed by atoms with Crippen molar-refractivity contribution in [3.05, 3.63) is 0 Å². The third-order valence-electron chi connectivity index (χ3n) is 2.60. The van der Waals surface area contributed by atoms with Crippen LogP contribution in [-0.2, 0) is 25.1 Å².